The Morgan fingerprint density at radius 1 is 0.920 bits per heavy atom. The van der Waals surface area contributed by atoms with Crippen LogP contribution in [0, 0.1) is 11.6 Å². The van der Waals surface area contributed by atoms with E-state index in [1.165, 1.54) is 34.8 Å². The number of hydrogen-bond acceptors (Lipinski definition) is 4. The summed E-state index contributed by atoms with van der Waals surface area (Å²) < 4.78 is 34.2. The molecule has 0 saturated heterocycles. The fourth-order valence-corrected chi connectivity index (χ4v) is 2.55. The quantitative estimate of drug-likeness (QED) is 0.540. The van der Waals surface area contributed by atoms with Crippen molar-refractivity contribution in [1.29, 1.82) is 0 Å². The summed E-state index contributed by atoms with van der Waals surface area (Å²) in [6.07, 6.45) is 0. The van der Waals surface area contributed by atoms with E-state index in [0.717, 1.165) is 0 Å². The lowest BCUT2D eigenvalue weighted by molar-refractivity contribution is 0.450. The van der Waals surface area contributed by atoms with Gasteiger partial charge in [0, 0.05) is 17.7 Å². The average Bonchev–Trinajstić information content (AvgIpc) is 2.96. The standard InChI is InChI=1S/C17H9ClF2N4O/c18-17-22-21-15-6-7-16(23-24(15)17)25-14-9-12(20)4-5-13(14)10-2-1-3-11(19)8-10/h1-9H. The van der Waals surface area contributed by atoms with Crippen LogP contribution in [0.3, 0.4) is 0 Å². The average molecular weight is 359 g/mol. The summed E-state index contributed by atoms with van der Waals surface area (Å²) in [6, 6.07) is 13.1. The van der Waals surface area contributed by atoms with Crippen LogP contribution in [0.15, 0.2) is 54.6 Å². The lowest BCUT2D eigenvalue weighted by Gasteiger charge is -2.11. The van der Waals surface area contributed by atoms with Crippen LogP contribution in [-0.2, 0) is 0 Å². The van der Waals surface area contributed by atoms with Crippen LogP contribution in [0.1, 0.15) is 0 Å². The molecule has 5 nitrogen and oxygen atoms in total. The molecule has 0 N–H and O–H groups in total. The lowest BCUT2D eigenvalue weighted by Crippen LogP contribution is -1.97. The topological polar surface area (TPSA) is 52.3 Å². The molecule has 2 heterocycles. The van der Waals surface area contributed by atoms with Gasteiger partial charge in [-0.3, -0.25) is 0 Å². The zero-order chi connectivity index (χ0) is 17.4. The van der Waals surface area contributed by atoms with E-state index >= 15 is 0 Å². The number of aromatic nitrogens is 4. The maximum absolute atomic E-state index is 13.7. The van der Waals surface area contributed by atoms with Gasteiger partial charge in [0.25, 0.3) is 0 Å². The van der Waals surface area contributed by atoms with E-state index in [9.17, 15) is 8.78 Å². The Kier molecular flexibility index (Phi) is 3.77. The van der Waals surface area contributed by atoms with E-state index in [1.807, 2.05) is 0 Å². The van der Waals surface area contributed by atoms with E-state index in [-0.39, 0.29) is 16.9 Å². The van der Waals surface area contributed by atoms with Crippen LogP contribution in [0.4, 0.5) is 8.78 Å². The summed E-state index contributed by atoms with van der Waals surface area (Å²) in [6.45, 7) is 0. The number of benzene rings is 2. The van der Waals surface area contributed by atoms with Crippen LogP contribution in [0.25, 0.3) is 16.8 Å². The third-order valence-electron chi connectivity index (χ3n) is 3.49. The molecule has 0 fully saturated rings. The van der Waals surface area contributed by atoms with Gasteiger partial charge >= 0.3 is 0 Å². The maximum Gasteiger partial charge on any atom is 0.246 e. The summed E-state index contributed by atoms with van der Waals surface area (Å²) in [7, 11) is 0. The van der Waals surface area contributed by atoms with Crippen molar-refractivity contribution in [3.63, 3.8) is 0 Å². The van der Waals surface area contributed by atoms with E-state index < -0.39 is 11.6 Å². The first kappa shape index (κ1) is 15.5. The zero-order valence-electron chi connectivity index (χ0n) is 12.5. The fraction of sp³-hybridized carbons (Fsp3) is 0. The molecule has 2 aromatic heterocycles. The molecule has 0 unspecified atom stereocenters. The number of hydrogen-bond donors (Lipinski definition) is 0. The Morgan fingerprint density at radius 2 is 1.76 bits per heavy atom. The van der Waals surface area contributed by atoms with Crippen molar-refractivity contribution in [3.8, 4) is 22.8 Å². The highest BCUT2D eigenvalue weighted by atomic mass is 35.5. The number of fused-ring (bicyclic) bond motifs is 1. The second-order valence-electron chi connectivity index (χ2n) is 5.16. The predicted molar refractivity (Wildman–Crippen MR) is 87.7 cm³/mol. The minimum Gasteiger partial charge on any atom is -0.437 e. The number of rotatable bonds is 3. The second-order valence-corrected chi connectivity index (χ2v) is 5.50. The molecular weight excluding hydrogens is 350 g/mol. The van der Waals surface area contributed by atoms with Crippen molar-refractivity contribution in [2.75, 3.05) is 0 Å². The van der Waals surface area contributed by atoms with Gasteiger partial charge in [0.15, 0.2) is 5.65 Å². The molecule has 0 radical (unpaired) electrons. The Balaban J connectivity index is 1.78. The molecule has 0 amide bonds. The number of nitrogens with zero attached hydrogens (tertiary/aromatic N) is 4. The normalized spacial score (nSPS) is 11.0. The lowest BCUT2D eigenvalue weighted by atomic mass is 10.0. The highest BCUT2D eigenvalue weighted by molar-refractivity contribution is 6.28. The largest absolute Gasteiger partial charge is 0.437 e. The van der Waals surface area contributed by atoms with Crippen molar-refractivity contribution < 1.29 is 13.5 Å². The van der Waals surface area contributed by atoms with Gasteiger partial charge in [0.05, 0.1) is 0 Å². The number of ether oxygens (including phenoxy) is 1. The predicted octanol–water partition coefficient (Wildman–Crippen LogP) is 4.52. The molecule has 4 rings (SSSR count). The van der Waals surface area contributed by atoms with Gasteiger partial charge in [-0.2, -0.15) is 4.52 Å². The molecule has 25 heavy (non-hydrogen) atoms. The smallest absolute Gasteiger partial charge is 0.246 e. The highest BCUT2D eigenvalue weighted by Crippen LogP contribution is 2.33. The fourth-order valence-electron chi connectivity index (χ4n) is 2.39. The van der Waals surface area contributed by atoms with Crippen LogP contribution in [0.2, 0.25) is 5.28 Å². The Morgan fingerprint density at radius 3 is 2.60 bits per heavy atom. The van der Waals surface area contributed by atoms with Crippen LogP contribution in [-0.4, -0.2) is 19.8 Å². The van der Waals surface area contributed by atoms with E-state index in [0.29, 0.717) is 16.8 Å². The van der Waals surface area contributed by atoms with E-state index in [2.05, 4.69) is 15.3 Å². The van der Waals surface area contributed by atoms with Gasteiger partial charge in [0.1, 0.15) is 17.4 Å². The molecule has 0 aliphatic heterocycles. The minimum atomic E-state index is -0.487. The van der Waals surface area contributed by atoms with Gasteiger partial charge in [-0.25, -0.2) is 8.78 Å². The highest BCUT2D eigenvalue weighted by Gasteiger charge is 2.12. The molecule has 2 aromatic carbocycles. The second kappa shape index (κ2) is 6.10. The van der Waals surface area contributed by atoms with Gasteiger partial charge in [-0.15, -0.1) is 15.3 Å². The Hall–Kier alpha value is -3.06. The third kappa shape index (κ3) is 3.01. The first-order chi connectivity index (χ1) is 12.1. The van der Waals surface area contributed by atoms with Gasteiger partial charge < -0.3 is 4.74 Å². The molecule has 0 bridgehead atoms. The molecule has 0 spiro atoms. The molecule has 8 heteroatoms. The molecule has 0 aliphatic rings. The molecule has 0 aliphatic carbocycles. The molecular formula is C17H9ClF2N4O. The monoisotopic (exact) mass is 358 g/mol. The summed E-state index contributed by atoms with van der Waals surface area (Å²) in [5.74, 6) is -0.527. The minimum absolute atomic E-state index is 0.0741. The van der Waals surface area contributed by atoms with Crippen molar-refractivity contribution >= 4 is 17.2 Å². The zero-order valence-corrected chi connectivity index (χ0v) is 13.3. The molecule has 0 atom stereocenters. The maximum atomic E-state index is 13.7. The van der Waals surface area contributed by atoms with Crippen molar-refractivity contribution in [1.82, 2.24) is 19.8 Å². The summed E-state index contributed by atoms with van der Waals surface area (Å²) in [5, 5.41) is 11.7. The van der Waals surface area contributed by atoms with Crippen LogP contribution >= 0.6 is 11.6 Å². The molecule has 0 saturated carbocycles. The Labute approximate surface area is 145 Å². The van der Waals surface area contributed by atoms with Crippen LogP contribution in [0.5, 0.6) is 11.6 Å². The first-order valence-electron chi connectivity index (χ1n) is 7.21. The van der Waals surface area contributed by atoms with E-state index in [1.54, 1.807) is 24.3 Å². The van der Waals surface area contributed by atoms with Crippen molar-refractivity contribution in [2.24, 2.45) is 0 Å². The van der Waals surface area contributed by atoms with Gasteiger partial charge in [-0.05, 0) is 47.5 Å². The summed E-state index contributed by atoms with van der Waals surface area (Å²) >= 11 is 5.89. The molecule has 4 aromatic rings. The van der Waals surface area contributed by atoms with Crippen LogP contribution < -0.4 is 4.74 Å². The third-order valence-corrected chi connectivity index (χ3v) is 3.73. The van der Waals surface area contributed by atoms with Gasteiger partial charge in [-0.1, -0.05) is 12.1 Å². The Bertz CT molecular complexity index is 1080. The summed E-state index contributed by atoms with van der Waals surface area (Å²) in [4.78, 5) is 0. The molecule has 124 valence electrons. The van der Waals surface area contributed by atoms with Crippen molar-refractivity contribution in [2.45, 2.75) is 0 Å². The first-order valence-corrected chi connectivity index (χ1v) is 7.59. The summed E-state index contributed by atoms with van der Waals surface area (Å²) in [5.41, 5.74) is 1.53. The van der Waals surface area contributed by atoms with Crippen molar-refractivity contribution in [3.05, 3.63) is 71.5 Å². The SMILES string of the molecule is Fc1cccc(-c2ccc(F)cc2Oc2ccc3nnc(Cl)n3n2)c1. The van der Waals surface area contributed by atoms with Gasteiger partial charge in [0.2, 0.25) is 11.2 Å². The number of halogens is 3. The van der Waals surface area contributed by atoms with E-state index in [4.69, 9.17) is 16.3 Å².